The summed E-state index contributed by atoms with van der Waals surface area (Å²) >= 11 is 0. The summed E-state index contributed by atoms with van der Waals surface area (Å²) in [6, 6.07) is 7.97. The standard InChI is InChI=1S/C16H15F3N2O3/c1-10(11-6-3-4-8-13(11)24-16(17,18)19)21-14(22)12-7-5-9-20-15(12)23-2/h3-10H,1-2H3,(H,21,22). The van der Waals surface area contributed by atoms with Crippen LogP contribution in [-0.2, 0) is 0 Å². The van der Waals surface area contributed by atoms with Crippen molar-refractivity contribution in [3.63, 3.8) is 0 Å². The number of carbonyl (C=O) groups excluding carboxylic acids is 1. The number of nitrogens with zero attached hydrogens (tertiary/aromatic N) is 1. The van der Waals surface area contributed by atoms with E-state index in [2.05, 4.69) is 15.0 Å². The van der Waals surface area contributed by atoms with Crippen LogP contribution in [0.1, 0.15) is 28.9 Å². The molecule has 128 valence electrons. The number of rotatable bonds is 5. The van der Waals surface area contributed by atoms with Crippen LogP contribution in [0.2, 0.25) is 0 Å². The monoisotopic (exact) mass is 340 g/mol. The van der Waals surface area contributed by atoms with E-state index >= 15 is 0 Å². The van der Waals surface area contributed by atoms with Crippen molar-refractivity contribution in [3.8, 4) is 11.6 Å². The number of para-hydroxylation sites is 1. The Bertz CT molecular complexity index is 720. The number of ether oxygens (including phenoxy) is 2. The highest BCUT2D eigenvalue weighted by atomic mass is 19.4. The van der Waals surface area contributed by atoms with Crippen molar-refractivity contribution >= 4 is 5.91 Å². The van der Waals surface area contributed by atoms with Gasteiger partial charge in [-0.1, -0.05) is 18.2 Å². The molecule has 1 unspecified atom stereocenters. The van der Waals surface area contributed by atoms with Crippen LogP contribution in [0.4, 0.5) is 13.2 Å². The predicted octanol–water partition coefficient (Wildman–Crippen LogP) is 3.48. The number of carbonyl (C=O) groups is 1. The summed E-state index contributed by atoms with van der Waals surface area (Å²) in [6.45, 7) is 1.55. The number of halogens is 3. The van der Waals surface area contributed by atoms with Gasteiger partial charge in [0.1, 0.15) is 11.3 Å². The molecule has 0 fully saturated rings. The minimum Gasteiger partial charge on any atom is -0.480 e. The number of hydrogen-bond acceptors (Lipinski definition) is 4. The molecule has 24 heavy (non-hydrogen) atoms. The van der Waals surface area contributed by atoms with E-state index in [0.717, 1.165) is 0 Å². The molecule has 1 amide bonds. The largest absolute Gasteiger partial charge is 0.573 e. The molecule has 0 spiro atoms. The van der Waals surface area contributed by atoms with Crippen molar-refractivity contribution in [2.24, 2.45) is 0 Å². The first kappa shape index (κ1) is 17.6. The molecule has 0 saturated heterocycles. The molecule has 5 nitrogen and oxygen atoms in total. The molecule has 2 aromatic rings. The Morgan fingerprint density at radius 3 is 2.58 bits per heavy atom. The van der Waals surface area contributed by atoms with Crippen LogP contribution in [0.5, 0.6) is 11.6 Å². The highest BCUT2D eigenvalue weighted by Gasteiger charge is 2.32. The number of aromatic nitrogens is 1. The number of alkyl halides is 3. The van der Waals surface area contributed by atoms with Gasteiger partial charge in [0, 0.05) is 11.8 Å². The third kappa shape index (κ3) is 4.37. The van der Waals surface area contributed by atoms with E-state index in [-0.39, 0.29) is 22.8 Å². The summed E-state index contributed by atoms with van der Waals surface area (Å²) in [5, 5.41) is 2.61. The molecule has 1 atom stereocenters. The minimum atomic E-state index is -4.81. The molecular weight excluding hydrogens is 325 g/mol. The fourth-order valence-corrected chi connectivity index (χ4v) is 2.13. The van der Waals surface area contributed by atoms with Gasteiger partial charge in [0.25, 0.3) is 5.91 Å². The molecule has 1 aromatic heterocycles. The van der Waals surface area contributed by atoms with E-state index in [1.54, 1.807) is 19.1 Å². The fraction of sp³-hybridized carbons (Fsp3) is 0.250. The summed E-state index contributed by atoms with van der Waals surface area (Å²) in [7, 11) is 1.37. The quantitative estimate of drug-likeness (QED) is 0.905. The molecule has 8 heteroatoms. The van der Waals surface area contributed by atoms with E-state index < -0.39 is 18.3 Å². The lowest BCUT2D eigenvalue weighted by Crippen LogP contribution is -2.28. The van der Waals surface area contributed by atoms with Crippen LogP contribution in [0.3, 0.4) is 0 Å². The van der Waals surface area contributed by atoms with Gasteiger partial charge in [-0.2, -0.15) is 0 Å². The average Bonchev–Trinajstić information content (AvgIpc) is 2.53. The second-order valence-electron chi connectivity index (χ2n) is 4.84. The molecular formula is C16H15F3N2O3. The van der Waals surface area contributed by atoms with Gasteiger partial charge < -0.3 is 14.8 Å². The fourth-order valence-electron chi connectivity index (χ4n) is 2.13. The molecule has 0 aliphatic rings. The van der Waals surface area contributed by atoms with E-state index in [0.29, 0.717) is 0 Å². The summed E-state index contributed by atoms with van der Waals surface area (Å²) in [4.78, 5) is 16.2. The zero-order valence-electron chi connectivity index (χ0n) is 12.9. The van der Waals surface area contributed by atoms with Crippen LogP contribution in [0, 0.1) is 0 Å². The van der Waals surface area contributed by atoms with Gasteiger partial charge in [-0.15, -0.1) is 13.2 Å². The van der Waals surface area contributed by atoms with E-state index in [4.69, 9.17) is 4.74 Å². The number of pyridine rings is 1. The number of benzene rings is 1. The molecule has 1 aromatic carbocycles. The molecule has 0 aliphatic carbocycles. The van der Waals surface area contributed by atoms with Gasteiger partial charge >= 0.3 is 6.36 Å². The van der Waals surface area contributed by atoms with Crippen molar-refractivity contribution in [2.45, 2.75) is 19.3 Å². The average molecular weight is 340 g/mol. The van der Waals surface area contributed by atoms with Crippen molar-refractivity contribution in [1.29, 1.82) is 0 Å². The Hall–Kier alpha value is -2.77. The molecule has 1 heterocycles. The SMILES string of the molecule is COc1ncccc1C(=O)NC(C)c1ccccc1OC(F)(F)F. The first-order valence-corrected chi connectivity index (χ1v) is 6.96. The molecule has 1 N–H and O–H groups in total. The second kappa shape index (κ2) is 7.20. The first-order valence-electron chi connectivity index (χ1n) is 6.96. The smallest absolute Gasteiger partial charge is 0.480 e. The highest BCUT2D eigenvalue weighted by Crippen LogP contribution is 2.30. The Morgan fingerprint density at radius 1 is 1.21 bits per heavy atom. The summed E-state index contributed by atoms with van der Waals surface area (Å²) in [5.74, 6) is -0.757. The van der Waals surface area contributed by atoms with Gasteiger partial charge in [-0.3, -0.25) is 4.79 Å². The Kier molecular flexibility index (Phi) is 5.28. The number of methoxy groups -OCH3 is 1. The highest BCUT2D eigenvalue weighted by molar-refractivity contribution is 5.96. The molecule has 0 aliphatic heterocycles. The van der Waals surface area contributed by atoms with Crippen molar-refractivity contribution < 1.29 is 27.4 Å². The number of hydrogen-bond donors (Lipinski definition) is 1. The summed E-state index contributed by atoms with van der Waals surface area (Å²) in [5.41, 5.74) is 0.382. The van der Waals surface area contributed by atoms with Gasteiger partial charge in [0.05, 0.1) is 13.2 Å². The predicted molar refractivity (Wildman–Crippen MR) is 79.8 cm³/mol. The third-order valence-corrected chi connectivity index (χ3v) is 3.17. The maximum absolute atomic E-state index is 12.5. The van der Waals surface area contributed by atoms with E-state index in [1.165, 1.54) is 37.6 Å². The minimum absolute atomic E-state index is 0.127. The van der Waals surface area contributed by atoms with E-state index in [9.17, 15) is 18.0 Å². The van der Waals surface area contributed by atoms with Gasteiger partial charge in [0.2, 0.25) is 5.88 Å². The Balaban J connectivity index is 2.21. The van der Waals surface area contributed by atoms with Gasteiger partial charge in [-0.25, -0.2) is 4.98 Å². The van der Waals surface area contributed by atoms with Gasteiger partial charge in [-0.05, 0) is 25.1 Å². The lowest BCUT2D eigenvalue weighted by molar-refractivity contribution is -0.275. The lowest BCUT2D eigenvalue weighted by Gasteiger charge is -2.19. The lowest BCUT2D eigenvalue weighted by atomic mass is 10.1. The molecule has 0 saturated carbocycles. The maximum Gasteiger partial charge on any atom is 0.573 e. The molecule has 0 radical (unpaired) electrons. The summed E-state index contributed by atoms with van der Waals surface area (Å²) in [6.07, 6.45) is -3.35. The van der Waals surface area contributed by atoms with Crippen LogP contribution < -0.4 is 14.8 Å². The van der Waals surface area contributed by atoms with Crippen LogP contribution in [0.15, 0.2) is 42.6 Å². The molecule has 0 bridgehead atoms. The maximum atomic E-state index is 12.5. The topological polar surface area (TPSA) is 60.5 Å². The zero-order valence-corrected chi connectivity index (χ0v) is 12.9. The van der Waals surface area contributed by atoms with Gasteiger partial charge in [0.15, 0.2) is 0 Å². The van der Waals surface area contributed by atoms with Crippen molar-refractivity contribution in [3.05, 3.63) is 53.7 Å². The zero-order chi connectivity index (χ0) is 17.7. The Labute approximate surface area is 136 Å². The third-order valence-electron chi connectivity index (χ3n) is 3.17. The number of nitrogens with one attached hydrogen (secondary N) is 1. The van der Waals surface area contributed by atoms with Crippen LogP contribution in [-0.4, -0.2) is 24.4 Å². The number of amides is 1. The first-order chi connectivity index (χ1) is 11.3. The normalized spacial score (nSPS) is 12.4. The van der Waals surface area contributed by atoms with E-state index in [1.807, 2.05) is 0 Å². The summed E-state index contributed by atoms with van der Waals surface area (Å²) < 4.78 is 46.4. The van der Waals surface area contributed by atoms with Crippen molar-refractivity contribution in [1.82, 2.24) is 10.3 Å². The second-order valence-corrected chi connectivity index (χ2v) is 4.84. The Morgan fingerprint density at radius 2 is 1.92 bits per heavy atom. The van der Waals surface area contributed by atoms with Crippen LogP contribution >= 0.6 is 0 Å². The van der Waals surface area contributed by atoms with Crippen molar-refractivity contribution in [2.75, 3.05) is 7.11 Å². The molecule has 2 rings (SSSR count). The van der Waals surface area contributed by atoms with Crippen LogP contribution in [0.25, 0.3) is 0 Å².